The lowest BCUT2D eigenvalue weighted by atomic mass is 10.0. The lowest BCUT2D eigenvalue weighted by Crippen LogP contribution is -2.31. The van der Waals surface area contributed by atoms with E-state index in [9.17, 15) is 5.11 Å². The highest BCUT2D eigenvalue weighted by molar-refractivity contribution is 5.29. The molecule has 2 N–H and O–H groups in total. The molecule has 3 nitrogen and oxygen atoms in total. The molecule has 0 aliphatic rings. The van der Waals surface area contributed by atoms with Gasteiger partial charge in [0.05, 0.1) is 5.60 Å². The third-order valence-corrected chi connectivity index (χ3v) is 3.35. The lowest BCUT2D eigenvalue weighted by Gasteiger charge is -2.21. The minimum atomic E-state index is -0.754. The zero-order valence-electron chi connectivity index (χ0n) is 11.9. The maximum absolute atomic E-state index is 9.87. The Kier molecular flexibility index (Phi) is 5.63. The van der Waals surface area contributed by atoms with Crippen LogP contribution in [0.2, 0.25) is 0 Å². The van der Waals surface area contributed by atoms with Crippen LogP contribution >= 0.6 is 0 Å². The van der Waals surface area contributed by atoms with Gasteiger partial charge in [0.2, 0.25) is 0 Å². The van der Waals surface area contributed by atoms with E-state index in [1.54, 1.807) is 6.92 Å². The van der Waals surface area contributed by atoms with Crippen LogP contribution in [0.5, 0.6) is 5.75 Å². The number of aliphatic hydroxyl groups is 1. The third kappa shape index (κ3) is 4.31. The first-order chi connectivity index (χ1) is 8.52. The smallest absolute Gasteiger partial charge is 0.119 e. The van der Waals surface area contributed by atoms with Gasteiger partial charge in [-0.2, -0.15) is 0 Å². The highest BCUT2D eigenvalue weighted by Crippen LogP contribution is 2.21. The van der Waals surface area contributed by atoms with Crippen LogP contribution in [-0.4, -0.2) is 24.4 Å². The van der Waals surface area contributed by atoms with E-state index in [2.05, 4.69) is 24.4 Å². The average Bonchev–Trinajstić information content (AvgIpc) is 2.39. The van der Waals surface area contributed by atoms with Gasteiger partial charge >= 0.3 is 0 Å². The van der Waals surface area contributed by atoms with Gasteiger partial charge in [0.15, 0.2) is 0 Å². The quantitative estimate of drug-likeness (QED) is 0.783. The van der Waals surface area contributed by atoms with Crippen molar-refractivity contribution >= 4 is 0 Å². The van der Waals surface area contributed by atoms with Crippen molar-refractivity contribution < 1.29 is 9.84 Å². The number of nitrogens with one attached hydrogen (secondary N) is 1. The summed E-state index contributed by atoms with van der Waals surface area (Å²) in [6.07, 6.45) is 1.74. The minimum Gasteiger partial charge on any atom is -0.491 e. The average molecular weight is 251 g/mol. The van der Waals surface area contributed by atoms with Gasteiger partial charge in [-0.25, -0.2) is 0 Å². The number of hydrogen-bond acceptors (Lipinski definition) is 3. The zero-order chi connectivity index (χ0) is 13.6. The molecule has 1 rings (SSSR count). The summed E-state index contributed by atoms with van der Waals surface area (Å²) < 4.78 is 5.59. The summed E-state index contributed by atoms with van der Waals surface area (Å²) in [5.74, 6) is 0.804. The van der Waals surface area contributed by atoms with Crippen LogP contribution in [0, 0.1) is 0 Å². The second kappa shape index (κ2) is 6.76. The molecule has 0 saturated heterocycles. The van der Waals surface area contributed by atoms with Gasteiger partial charge in [-0.3, -0.25) is 0 Å². The van der Waals surface area contributed by atoms with Gasteiger partial charge in [0.1, 0.15) is 12.4 Å². The highest BCUT2D eigenvalue weighted by Gasteiger charge is 2.18. The van der Waals surface area contributed by atoms with Crippen molar-refractivity contribution in [1.29, 1.82) is 0 Å². The van der Waals surface area contributed by atoms with E-state index < -0.39 is 5.60 Å². The van der Waals surface area contributed by atoms with E-state index >= 15 is 0 Å². The first kappa shape index (κ1) is 15.0. The van der Waals surface area contributed by atoms with E-state index in [1.165, 1.54) is 5.56 Å². The molecule has 2 atom stereocenters. The Labute approximate surface area is 110 Å². The summed E-state index contributed by atoms with van der Waals surface area (Å²) in [5, 5.41) is 13.1. The summed E-state index contributed by atoms with van der Waals surface area (Å²) in [4.78, 5) is 0. The second-order valence-electron chi connectivity index (χ2n) is 4.96. The molecule has 0 spiro atoms. The van der Waals surface area contributed by atoms with Crippen LogP contribution in [0.1, 0.15) is 45.2 Å². The molecule has 1 aromatic carbocycles. The van der Waals surface area contributed by atoms with Crippen molar-refractivity contribution in [2.45, 2.75) is 45.3 Å². The van der Waals surface area contributed by atoms with Crippen LogP contribution in [0.4, 0.5) is 0 Å². The fourth-order valence-corrected chi connectivity index (χ4v) is 1.74. The van der Waals surface area contributed by atoms with E-state index in [0.717, 1.165) is 12.2 Å². The Morgan fingerprint density at radius 2 is 1.89 bits per heavy atom. The molecule has 0 fully saturated rings. The van der Waals surface area contributed by atoms with Gasteiger partial charge < -0.3 is 15.2 Å². The number of rotatable bonds is 7. The molecule has 3 heteroatoms. The summed E-state index contributed by atoms with van der Waals surface area (Å²) >= 11 is 0. The number of benzene rings is 1. The maximum Gasteiger partial charge on any atom is 0.119 e. The van der Waals surface area contributed by atoms with Gasteiger partial charge in [-0.05, 0) is 44.5 Å². The fourth-order valence-electron chi connectivity index (χ4n) is 1.74. The van der Waals surface area contributed by atoms with Crippen molar-refractivity contribution in [3.63, 3.8) is 0 Å². The fraction of sp³-hybridized carbons (Fsp3) is 0.600. The summed E-state index contributed by atoms with van der Waals surface area (Å²) in [7, 11) is 1.97. The molecule has 102 valence electrons. The van der Waals surface area contributed by atoms with Crippen LogP contribution in [0.15, 0.2) is 24.3 Å². The SMILES string of the molecule is CCC(NC)c1ccc(OCC(C)(O)CC)cc1. The van der Waals surface area contributed by atoms with Crippen molar-refractivity contribution in [3.8, 4) is 5.75 Å². The monoisotopic (exact) mass is 251 g/mol. The van der Waals surface area contributed by atoms with Gasteiger partial charge in [-0.15, -0.1) is 0 Å². The largest absolute Gasteiger partial charge is 0.491 e. The molecule has 0 aromatic heterocycles. The Bertz CT molecular complexity index is 342. The van der Waals surface area contributed by atoms with E-state index in [1.807, 2.05) is 26.1 Å². The van der Waals surface area contributed by atoms with Crippen LogP contribution < -0.4 is 10.1 Å². The molecule has 2 unspecified atom stereocenters. The van der Waals surface area contributed by atoms with Crippen molar-refractivity contribution in [1.82, 2.24) is 5.32 Å². The molecular weight excluding hydrogens is 226 g/mol. The number of hydrogen-bond donors (Lipinski definition) is 2. The van der Waals surface area contributed by atoms with Crippen LogP contribution in [0.3, 0.4) is 0 Å². The van der Waals surface area contributed by atoms with Crippen LogP contribution in [0.25, 0.3) is 0 Å². The Hall–Kier alpha value is -1.06. The first-order valence-electron chi connectivity index (χ1n) is 6.64. The van der Waals surface area contributed by atoms with Crippen molar-refractivity contribution in [3.05, 3.63) is 29.8 Å². The maximum atomic E-state index is 9.87. The highest BCUT2D eigenvalue weighted by atomic mass is 16.5. The molecule has 18 heavy (non-hydrogen) atoms. The van der Waals surface area contributed by atoms with Gasteiger partial charge in [0.25, 0.3) is 0 Å². The number of ether oxygens (including phenoxy) is 1. The van der Waals surface area contributed by atoms with Crippen molar-refractivity contribution in [2.24, 2.45) is 0 Å². The Balaban J connectivity index is 2.60. The van der Waals surface area contributed by atoms with Crippen LogP contribution in [-0.2, 0) is 0 Å². The third-order valence-electron chi connectivity index (χ3n) is 3.35. The first-order valence-corrected chi connectivity index (χ1v) is 6.64. The molecular formula is C15H25NO2. The predicted octanol–water partition coefficient (Wildman–Crippen LogP) is 2.90. The zero-order valence-corrected chi connectivity index (χ0v) is 11.9. The van der Waals surface area contributed by atoms with Gasteiger partial charge in [0, 0.05) is 6.04 Å². The molecule has 0 radical (unpaired) electrons. The topological polar surface area (TPSA) is 41.5 Å². The predicted molar refractivity (Wildman–Crippen MR) is 74.9 cm³/mol. The summed E-state index contributed by atoms with van der Waals surface area (Å²) in [6, 6.07) is 8.45. The van der Waals surface area contributed by atoms with Crippen molar-refractivity contribution in [2.75, 3.05) is 13.7 Å². The molecule has 0 amide bonds. The van der Waals surface area contributed by atoms with E-state index in [0.29, 0.717) is 19.1 Å². The second-order valence-corrected chi connectivity index (χ2v) is 4.96. The molecule has 0 heterocycles. The minimum absolute atomic E-state index is 0.325. The Morgan fingerprint density at radius 1 is 1.28 bits per heavy atom. The summed E-state index contributed by atoms with van der Waals surface area (Å²) in [6.45, 7) is 6.22. The molecule has 0 saturated carbocycles. The molecule has 0 bridgehead atoms. The molecule has 0 aliphatic carbocycles. The van der Waals surface area contributed by atoms with E-state index in [4.69, 9.17) is 4.74 Å². The molecule has 1 aromatic rings. The standard InChI is InChI=1S/C15H25NO2/c1-5-14(16-4)12-7-9-13(10-8-12)18-11-15(3,17)6-2/h7-10,14,16-17H,5-6,11H2,1-4H3. The van der Waals surface area contributed by atoms with Gasteiger partial charge in [-0.1, -0.05) is 26.0 Å². The molecule has 0 aliphatic heterocycles. The normalized spacial score (nSPS) is 16.1. The summed E-state index contributed by atoms with van der Waals surface area (Å²) in [5.41, 5.74) is 0.505. The van der Waals surface area contributed by atoms with E-state index in [-0.39, 0.29) is 0 Å². The Morgan fingerprint density at radius 3 is 2.33 bits per heavy atom. The lowest BCUT2D eigenvalue weighted by molar-refractivity contribution is 0.00846.